The topological polar surface area (TPSA) is 52.9 Å². The zero-order valence-electron chi connectivity index (χ0n) is 10.1. The summed E-state index contributed by atoms with van der Waals surface area (Å²) in [4.78, 5) is 11.9. The van der Waals surface area contributed by atoms with E-state index < -0.39 is 5.54 Å². The summed E-state index contributed by atoms with van der Waals surface area (Å²) >= 11 is 3.49. The van der Waals surface area contributed by atoms with E-state index in [4.69, 9.17) is 0 Å². The third-order valence-electron chi connectivity index (χ3n) is 3.16. The summed E-state index contributed by atoms with van der Waals surface area (Å²) in [6, 6.07) is 4.34. The van der Waals surface area contributed by atoms with Crippen molar-refractivity contribution in [2.24, 2.45) is 0 Å². The van der Waals surface area contributed by atoms with E-state index in [1.165, 1.54) is 5.56 Å². The Morgan fingerprint density at radius 1 is 1.50 bits per heavy atom. The molecule has 1 aromatic heterocycles. The van der Waals surface area contributed by atoms with Crippen molar-refractivity contribution in [3.63, 3.8) is 0 Å². The van der Waals surface area contributed by atoms with Crippen LogP contribution in [0.2, 0.25) is 0 Å². The van der Waals surface area contributed by atoms with Crippen molar-refractivity contribution < 1.29 is 4.79 Å². The molecule has 2 rings (SSSR count). The van der Waals surface area contributed by atoms with Crippen LogP contribution in [0.4, 0.5) is 0 Å². The standard InChI is InChI=1S/C13H16N2OS2/c14-10-13(4-7-17-8-5-13)15-12(16)2-1-11-3-6-18-9-11/h3,6,9H,1-2,4-5,7-8H2,(H,15,16). The molecule has 1 N–H and O–H groups in total. The lowest BCUT2D eigenvalue weighted by Gasteiger charge is -2.31. The molecule has 0 bridgehead atoms. The normalized spacial score (nSPS) is 17.9. The highest BCUT2D eigenvalue weighted by molar-refractivity contribution is 7.99. The van der Waals surface area contributed by atoms with Crippen LogP contribution in [0.3, 0.4) is 0 Å². The molecule has 0 spiro atoms. The zero-order chi connectivity index (χ0) is 12.8. The Labute approximate surface area is 116 Å². The second-order valence-electron chi connectivity index (χ2n) is 4.49. The largest absolute Gasteiger partial charge is 0.338 e. The van der Waals surface area contributed by atoms with E-state index >= 15 is 0 Å². The number of nitrogens with one attached hydrogen (secondary N) is 1. The van der Waals surface area contributed by atoms with E-state index in [1.54, 1.807) is 11.3 Å². The van der Waals surface area contributed by atoms with Gasteiger partial charge in [-0.1, -0.05) is 0 Å². The van der Waals surface area contributed by atoms with Crippen LogP contribution < -0.4 is 5.32 Å². The molecule has 1 aliphatic heterocycles. The lowest BCUT2D eigenvalue weighted by atomic mass is 9.93. The van der Waals surface area contributed by atoms with Gasteiger partial charge in [-0.05, 0) is 53.2 Å². The Hall–Kier alpha value is -0.990. The lowest BCUT2D eigenvalue weighted by Crippen LogP contribution is -2.49. The summed E-state index contributed by atoms with van der Waals surface area (Å²) in [7, 11) is 0. The number of hydrogen-bond donors (Lipinski definition) is 1. The number of aryl methyl sites for hydroxylation is 1. The predicted octanol–water partition coefficient (Wildman–Crippen LogP) is 2.59. The van der Waals surface area contributed by atoms with Crippen molar-refractivity contribution in [3.8, 4) is 6.07 Å². The number of amides is 1. The second-order valence-corrected chi connectivity index (χ2v) is 6.49. The van der Waals surface area contributed by atoms with Gasteiger partial charge in [0.2, 0.25) is 5.91 Å². The van der Waals surface area contributed by atoms with Gasteiger partial charge < -0.3 is 5.32 Å². The number of nitrogens with zero attached hydrogens (tertiary/aromatic N) is 1. The minimum atomic E-state index is -0.614. The summed E-state index contributed by atoms with van der Waals surface area (Å²) < 4.78 is 0. The first-order chi connectivity index (χ1) is 8.74. The zero-order valence-corrected chi connectivity index (χ0v) is 11.8. The van der Waals surface area contributed by atoms with Gasteiger partial charge in [-0.15, -0.1) is 0 Å². The molecule has 0 aromatic carbocycles. The minimum absolute atomic E-state index is 0.00495. The predicted molar refractivity (Wildman–Crippen MR) is 75.7 cm³/mol. The molecule has 0 unspecified atom stereocenters. The van der Waals surface area contributed by atoms with Gasteiger partial charge in [0.25, 0.3) is 0 Å². The number of carbonyl (C=O) groups is 1. The highest BCUT2D eigenvalue weighted by Gasteiger charge is 2.33. The van der Waals surface area contributed by atoms with Gasteiger partial charge in [0.1, 0.15) is 5.54 Å². The Bertz CT molecular complexity index is 430. The van der Waals surface area contributed by atoms with Gasteiger partial charge in [0, 0.05) is 6.42 Å². The fourth-order valence-corrected chi connectivity index (χ4v) is 3.90. The number of nitriles is 1. The monoisotopic (exact) mass is 280 g/mol. The van der Waals surface area contributed by atoms with Crippen molar-refractivity contribution in [2.45, 2.75) is 31.2 Å². The van der Waals surface area contributed by atoms with E-state index in [0.717, 1.165) is 30.8 Å². The van der Waals surface area contributed by atoms with Crippen LogP contribution in [-0.2, 0) is 11.2 Å². The molecular weight excluding hydrogens is 264 g/mol. The molecule has 0 saturated carbocycles. The molecule has 1 aliphatic rings. The highest BCUT2D eigenvalue weighted by atomic mass is 32.2. The first-order valence-corrected chi connectivity index (χ1v) is 8.15. The van der Waals surface area contributed by atoms with Crippen LogP contribution in [0.1, 0.15) is 24.8 Å². The maximum absolute atomic E-state index is 11.9. The van der Waals surface area contributed by atoms with Gasteiger partial charge >= 0.3 is 0 Å². The van der Waals surface area contributed by atoms with E-state index in [9.17, 15) is 10.1 Å². The number of thioether (sulfide) groups is 1. The molecule has 3 nitrogen and oxygen atoms in total. The van der Waals surface area contributed by atoms with Gasteiger partial charge in [-0.25, -0.2) is 0 Å². The average molecular weight is 280 g/mol. The van der Waals surface area contributed by atoms with Gasteiger partial charge in [-0.3, -0.25) is 4.79 Å². The van der Waals surface area contributed by atoms with Crippen LogP contribution in [-0.4, -0.2) is 23.0 Å². The molecule has 0 aliphatic carbocycles. The summed E-state index contributed by atoms with van der Waals surface area (Å²) in [6.07, 6.45) is 2.75. The van der Waals surface area contributed by atoms with Crippen LogP contribution in [0.15, 0.2) is 16.8 Å². The van der Waals surface area contributed by atoms with E-state index in [-0.39, 0.29) is 5.91 Å². The van der Waals surface area contributed by atoms with Crippen molar-refractivity contribution >= 4 is 29.0 Å². The Morgan fingerprint density at radius 3 is 2.89 bits per heavy atom. The first kappa shape index (κ1) is 13.4. The maximum Gasteiger partial charge on any atom is 0.221 e. The summed E-state index contributed by atoms with van der Waals surface area (Å²) in [5.74, 6) is 1.91. The fourth-order valence-electron chi connectivity index (χ4n) is 2.01. The third kappa shape index (κ3) is 3.50. The molecule has 1 fully saturated rings. The Kier molecular flexibility index (Phi) is 4.67. The quantitative estimate of drug-likeness (QED) is 0.922. The molecule has 1 aromatic rings. The van der Waals surface area contributed by atoms with Crippen molar-refractivity contribution in [1.82, 2.24) is 5.32 Å². The Morgan fingerprint density at radius 2 is 2.28 bits per heavy atom. The summed E-state index contributed by atoms with van der Waals surface area (Å²) in [5, 5.41) is 16.3. The van der Waals surface area contributed by atoms with Gasteiger partial charge in [0.05, 0.1) is 6.07 Å². The van der Waals surface area contributed by atoms with E-state index in [1.807, 2.05) is 23.2 Å². The molecule has 5 heteroatoms. The van der Waals surface area contributed by atoms with Gasteiger partial charge in [-0.2, -0.15) is 28.4 Å². The molecule has 18 heavy (non-hydrogen) atoms. The molecule has 0 atom stereocenters. The second kappa shape index (κ2) is 6.26. The van der Waals surface area contributed by atoms with Crippen molar-refractivity contribution in [3.05, 3.63) is 22.4 Å². The molecule has 0 radical (unpaired) electrons. The highest BCUT2D eigenvalue weighted by Crippen LogP contribution is 2.26. The van der Waals surface area contributed by atoms with Crippen LogP contribution in [0.25, 0.3) is 0 Å². The summed E-state index contributed by atoms with van der Waals surface area (Å²) in [5.41, 5.74) is 0.581. The van der Waals surface area contributed by atoms with Crippen molar-refractivity contribution in [1.29, 1.82) is 5.26 Å². The number of rotatable bonds is 4. The maximum atomic E-state index is 11.9. The molecule has 96 valence electrons. The third-order valence-corrected chi connectivity index (χ3v) is 4.88. The lowest BCUT2D eigenvalue weighted by molar-refractivity contribution is -0.122. The van der Waals surface area contributed by atoms with Crippen molar-refractivity contribution in [2.75, 3.05) is 11.5 Å². The van der Waals surface area contributed by atoms with Crippen LogP contribution >= 0.6 is 23.1 Å². The molecule has 1 saturated heterocycles. The smallest absolute Gasteiger partial charge is 0.221 e. The minimum Gasteiger partial charge on any atom is -0.338 e. The molecule has 2 heterocycles. The number of hydrogen-bond acceptors (Lipinski definition) is 4. The van der Waals surface area contributed by atoms with Crippen LogP contribution in [0, 0.1) is 11.3 Å². The first-order valence-electron chi connectivity index (χ1n) is 6.05. The number of carbonyl (C=O) groups excluding carboxylic acids is 1. The van der Waals surface area contributed by atoms with E-state index in [2.05, 4.69) is 16.8 Å². The molecule has 1 amide bonds. The SMILES string of the molecule is N#CC1(NC(=O)CCc2ccsc2)CCSCC1. The Balaban J connectivity index is 1.84. The van der Waals surface area contributed by atoms with Gasteiger partial charge in [0.15, 0.2) is 0 Å². The average Bonchev–Trinajstić information content (AvgIpc) is 2.91. The van der Waals surface area contributed by atoms with Crippen LogP contribution in [0.5, 0.6) is 0 Å². The molecular formula is C13H16N2OS2. The number of thiophene rings is 1. The fraction of sp³-hybridized carbons (Fsp3) is 0.538. The summed E-state index contributed by atoms with van der Waals surface area (Å²) in [6.45, 7) is 0. The van der Waals surface area contributed by atoms with E-state index in [0.29, 0.717) is 6.42 Å².